The smallest absolute Gasteiger partial charge is 0.198 e. The standard InChI is InChI=1S/C15H11F2NO3/c1-20-11-2-9(7-18)3-12(6-11)21-15-13(16)4-10(8-19)5-14(15)17/h2-6,19H,8H2,1H3. The highest BCUT2D eigenvalue weighted by atomic mass is 19.1. The van der Waals surface area contributed by atoms with Crippen LogP contribution in [0.5, 0.6) is 17.2 Å². The molecule has 108 valence electrons. The van der Waals surface area contributed by atoms with E-state index in [4.69, 9.17) is 19.8 Å². The van der Waals surface area contributed by atoms with Crippen LogP contribution in [0.4, 0.5) is 8.78 Å². The van der Waals surface area contributed by atoms with Crippen molar-refractivity contribution in [1.29, 1.82) is 5.26 Å². The first-order valence-electron chi connectivity index (χ1n) is 5.93. The lowest BCUT2D eigenvalue weighted by Gasteiger charge is -2.10. The van der Waals surface area contributed by atoms with Crippen molar-refractivity contribution in [3.05, 3.63) is 53.1 Å². The Morgan fingerprint density at radius 1 is 1.10 bits per heavy atom. The summed E-state index contributed by atoms with van der Waals surface area (Å²) in [4.78, 5) is 0. The van der Waals surface area contributed by atoms with Crippen molar-refractivity contribution < 1.29 is 23.4 Å². The summed E-state index contributed by atoms with van der Waals surface area (Å²) >= 11 is 0. The Morgan fingerprint density at radius 3 is 2.24 bits per heavy atom. The summed E-state index contributed by atoms with van der Waals surface area (Å²) in [5.74, 6) is -2.10. The molecule has 0 radical (unpaired) electrons. The lowest BCUT2D eigenvalue weighted by molar-refractivity contribution is 0.279. The number of methoxy groups -OCH3 is 1. The van der Waals surface area contributed by atoms with Crippen molar-refractivity contribution in [2.75, 3.05) is 7.11 Å². The molecule has 0 amide bonds. The van der Waals surface area contributed by atoms with Crippen LogP contribution in [0.25, 0.3) is 0 Å². The van der Waals surface area contributed by atoms with Crippen molar-refractivity contribution in [3.8, 4) is 23.3 Å². The van der Waals surface area contributed by atoms with Crippen LogP contribution < -0.4 is 9.47 Å². The monoisotopic (exact) mass is 291 g/mol. The van der Waals surface area contributed by atoms with Crippen LogP contribution in [0.2, 0.25) is 0 Å². The number of nitriles is 1. The molecule has 4 nitrogen and oxygen atoms in total. The zero-order valence-corrected chi connectivity index (χ0v) is 11.1. The fraction of sp³-hybridized carbons (Fsp3) is 0.133. The van der Waals surface area contributed by atoms with Gasteiger partial charge in [-0.3, -0.25) is 0 Å². The van der Waals surface area contributed by atoms with Crippen molar-refractivity contribution in [2.45, 2.75) is 6.61 Å². The van der Waals surface area contributed by atoms with Gasteiger partial charge in [-0.05, 0) is 29.8 Å². The van der Waals surface area contributed by atoms with Gasteiger partial charge in [-0.2, -0.15) is 5.26 Å². The van der Waals surface area contributed by atoms with Crippen LogP contribution in [-0.4, -0.2) is 12.2 Å². The second kappa shape index (κ2) is 6.20. The number of ether oxygens (including phenoxy) is 2. The predicted octanol–water partition coefficient (Wildman–Crippen LogP) is 3.13. The van der Waals surface area contributed by atoms with Crippen LogP contribution in [0.15, 0.2) is 30.3 Å². The molecule has 0 unspecified atom stereocenters. The predicted molar refractivity (Wildman–Crippen MR) is 70.1 cm³/mol. The van der Waals surface area contributed by atoms with Gasteiger partial charge in [0.25, 0.3) is 0 Å². The molecule has 0 aliphatic carbocycles. The molecule has 0 spiro atoms. The maximum absolute atomic E-state index is 13.8. The van der Waals surface area contributed by atoms with Gasteiger partial charge in [-0.25, -0.2) is 8.78 Å². The highest BCUT2D eigenvalue weighted by molar-refractivity contribution is 5.46. The van der Waals surface area contributed by atoms with E-state index in [0.29, 0.717) is 5.75 Å². The number of rotatable bonds is 4. The Bertz CT molecular complexity index is 688. The summed E-state index contributed by atoms with van der Waals surface area (Å²) < 4.78 is 37.7. The zero-order valence-electron chi connectivity index (χ0n) is 11.1. The first-order chi connectivity index (χ1) is 10.1. The average Bonchev–Trinajstić information content (AvgIpc) is 2.50. The number of benzene rings is 2. The summed E-state index contributed by atoms with van der Waals surface area (Å²) in [7, 11) is 1.40. The van der Waals surface area contributed by atoms with E-state index in [1.54, 1.807) is 0 Å². The molecule has 0 saturated carbocycles. The molecular weight excluding hydrogens is 280 g/mol. The van der Waals surface area contributed by atoms with Crippen LogP contribution in [0.3, 0.4) is 0 Å². The van der Waals surface area contributed by atoms with Gasteiger partial charge >= 0.3 is 0 Å². The first kappa shape index (κ1) is 14.8. The van der Waals surface area contributed by atoms with Gasteiger partial charge in [0.15, 0.2) is 17.4 Å². The van der Waals surface area contributed by atoms with Crippen LogP contribution in [0.1, 0.15) is 11.1 Å². The highest BCUT2D eigenvalue weighted by Crippen LogP contribution is 2.31. The third kappa shape index (κ3) is 3.27. The van der Waals surface area contributed by atoms with E-state index in [9.17, 15) is 8.78 Å². The number of nitrogens with zero attached hydrogens (tertiary/aromatic N) is 1. The molecule has 0 bridgehead atoms. The molecule has 0 aliphatic heterocycles. The van der Waals surface area contributed by atoms with Gasteiger partial charge in [0.2, 0.25) is 0 Å². The van der Waals surface area contributed by atoms with Gasteiger partial charge in [0.1, 0.15) is 11.5 Å². The maximum Gasteiger partial charge on any atom is 0.198 e. The van der Waals surface area contributed by atoms with Crippen molar-refractivity contribution in [3.63, 3.8) is 0 Å². The summed E-state index contributed by atoms with van der Waals surface area (Å²) in [5, 5.41) is 17.8. The number of aliphatic hydroxyl groups excluding tert-OH is 1. The summed E-state index contributed by atoms with van der Waals surface area (Å²) in [6, 6.07) is 8.05. The van der Waals surface area contributed by atoms with Crippen molar-refractivity contribution >= 4 is 0 Å². The Hall–Kier alpha value is -2.65. The van der Waals surface area contributed by atoms with Crippen molar-refractivity contribution in [1.82, 2.24) is 0 Å². The summed E-state index contributed by atoms with van der Waals surface area (Å²) in [6.07, 6.45) is 0. The largest absolute Gasteiger partial charge is 0.497 e. The minimum Gasteiger partial charge on any atom is -0.497 e. The Morgan fingerprint density at radius 2 is 1.71 bits per heavy atom. The van der Waals surface area contributed by atoms with E-state index in [-0.39, 0.29) is 16.9 Å². The topological polar surface area (TPSA) is 62.5 Å². The maximum atomic E-state index is 13.8. The Balaban J connectivity index is 2.41. The molecule has 1 N–H and O–H groups in total. The Kier molecular flexibility index (Phi) is 4.36. The SMILES string of the molecule is COc1cc(C#N)cc(Oc2c(F)cc(CO)cc2F)c1. The second-order valence-electron chi connectivity index (χ2n) is 4.16. The fourth-order valence-electron chi connectivity index (χ4n) is 1.73. The third-order valence-electron chi connectivity index (χ3n) is 2.71. The van der Waals surface area contributed by atoms with Gasteiger partial charge in [0.05, 0.1) is 25.3 Å². The van der Waals surface area contributed by atoms with Gasteiger partial charge < -0.3 is 14.6 Å². The van der Waals surface area contributed by atoms with Gasteiger partial charge in [-0.1, -0.05) is 0 Å². The molecule has 0 aromatic heterocycles. The highest BCUT2D eigenvalue weighted by Gasteiger charge is 2.14. The number of hydrogen-bond donors (Lipinski definition) is 1. The molecule has 2 rings (SSSR count). The molecule has 21 heavy (non-hydrogen) atoms. The molecule has 0 saturated heterocycles. The van der Waals surface area contributed by atoms with E-state index in [1.165, 1.54) is 25.3 Å². The van der Waals surface area contributed by atoms with E-state index < -0.39 is 24.0 Å². The van der Waals surface area contributed by atoms with E-state index in [1.807, 2.05) is 6.07 Å². The van der Waals surface area contributed by atoms with Crippen LogP contribution in [0, 0.1) is 23.0 Å². The normalized spacial score (nSPS) is 10.0. The summed E-state index contributed by atoms with van der Waals surface area (Å²) in [5.41, 5.74) is 0.331. The average molecular weight is 291 g/mol. The molecule has 0 aliphatic rings. The van der Waals surface area contributed by atoms with Crippen LogP contribution >= 0.6 is 0 Å². The summed E-state index contributed by atoms with van der Waals surface area (Å²) in [6.45, 7) is -0.480. The number of aliphatic hydroxyl groups is 1. The number of halogens is 2. The zero-order chi connectivity index (χ0) is 15.4. The second-order valence-corrected chi connectivity index (χ2v) is 4.16. The Labute approximate surface area is 119 Å². The molecular formula is C15H11F2NO3. The minimum absolute atomic E-state index is 0.0699. The molecule has 2 aromatic carbocycles. The lowest BCUT2D eigenvalue weighted by Crippen LogP contribution is -1.96. The minimum atomic E-state index is -0.944. The third-order valence-corrected chi connectivity index (χ3v) is 2.71. The molecule has 2 aromatic rings. The molecule has 6 heteroatoms. The fourth-order valence-corrected chi connectivity index (χ4v) is 1.73. The number of hydrogen-bond acceptors (Lipinski definition) is 4. The molecule has 0 fully saturated rings. The quantitative estimate of drug-likeness (QED) is 0.940. The van der Waals surface area contributed by atoms with Gasteiger partial charge in [0, 0.05) is 6.07 Å². The molecule has 0 heterocycles. The molecule has 0 atom stereocenters. The van der Waals surface area contributed by atoms with E-state index in [0.717, 1.165) is 12.1 Å². The van der Waals surface area contributed by atoms with Gasteiger partial charge in [-0.15, -0.1) is 0 Å². The van der Waals surface area contributed by atoms with E-state index in [2.05, 4.69) is 0 Å². The first-order valence-corrected chi connectivity index (χ1v) is 5.93. The van der Waals surface area contributed by atoms with Crippen LogP contribution in [-0.2, 0) is 6.61 Å². The van der Waals surface area contributed by atoms with E-state index >= 15 is 0 Å². The van der Waals surface area contributed by atoms with Crippen molar-refractivity contribution in [2.24, 2.45) is 0 Å². The lowest BCUT2D eigenvalue weighted by atomic mass is 10.2.